The Labute approximate surface area is 155 Å². The summed E-state index contributed by atoms with van der Waals surface area (Å²) in [4.78, 5) is 13.8. The van der Waals surface area contributed by atoms with Crippen LogP contribution in [0.3, 0.4) is 0 Å². The second-order valence-electron chi connectivity index (χ2n) is 6.25. The lowest BCUT2D eigenvalue weighted by Crippen LogP contribution is -2.41. The molecule has 0 bridgehead atoms. The topological polar surface area (TPSA) is 77.9 Å². The molecule has 1 amide bonds. The molecule has 9 heteroatoms. The molecule has 27 heavy (non-hydrogen) atoms. The van der Waals surface area contributed by atoms with Gasteiger partial charge in [0.05, 0.1) is 23.7 Å². The van der Waals surface area contributed by atoms with Gasteiger partial charge in [-0.25, -0.2) is 22.0 Å². The van der Waals surface area contributed by atoms with Gasteiger partial charge in [0.1, 0.15) is 5.69 Å². The van der Waals surface area contributed by atoms with Crippen molar-refractivity contribution in [3.05, 3.63) is 59.7 Å². The van der Waals surface area contributed by atoms with E-state index in [0.29, 0.717) is 5.56 Å². The van der Waals surface area contributed by atoms with Crippen LogP contribution in [0.4, 0.5) is 25.0 Å². The van der Waals surface area contributed by atoms with Gasteiger partial charge in [0.25, 0.3) is 0 Å². The van der Waals surface area contributed by atoms with E-state index in [0.717, 1.165) is 17.0 Å². The van der Waals surface area contributed by atoms with E-state index < -0.39 is 27.6 Å². The molecule has 0 saturated carbocycles. The number of nitrogens with zero attached hydrogens (tertiary/aromatic N) is 2. The molecular weight excluding hydrogens is 378 g/mol. The Morgan fingerprint density at radius 1 is 1.07 bits per heavy atom. The first-order valence-corrected chi connectivity index (χ1v) is 10.1. The maximum absolute atomic E-state index is 14.6. The molecule has 3 rings (SSSR count). The van der Waals surface area contributed by atoms with Crippen LogP contribution < -0.4 is 9.80 Å². The van der Waals surface area contributed by atoms with Crippen LogP contribution in [0, 0.1) is 11.6 Å². The predicted octanol–water partition coefficient (Wildman–Crippen LogP) is 2.88. The zero-order chi connectivity index (χ0) is 19.6. The van der Waals surface area contributed by atoms with Crippen LogP contribution in [0.15, 0.2) is 42.5 Å². The highest BCUT2D eigenvalue weighted by molar-refractivity contribution is 7.91. The van der Waals surface area contributed by atoms with Gasteiger partial charge in [-0.05, 0) is 5.56 Å². The Balaban J connectivity index is 1.89. The summed E-state index contributed by atoms with van der Waals surface area (Å²) < 4.78 is 52.2. The summed E-state index contributed by atoms with van der Waals surface area (Å²) in [5, 5.41) is 9.45. The number of hydrogen-bond donors (Lipinski definition) is 1. The first kappa shape index (κ1) is 19.1. The summed E-state index contributed by atoms with van der Waals surface area (Å²) >= 11 is 0. The smallest absolute Gasteiger partial charge is 0.412 e. The molecule has 0 unspecified atom stereocenters. The predicted molar refractivity (Wildman–Crippen MR) is 97.9 cm³/mol. The lowest BCUT2D eigenvalue weighted by molar-refractivity contribution is 0.201. The SMILES string of the molecule is O=C(O)N(Cc1ccccc1)c1cc(F)c(N2CCS(=O)(=O)CC2)c(F)c1. The van der Waals surface area contributed by atoms with Crippen molar-refractivity contribution in [1.82, 2.24) is 0 Å². The minimum absolute atomic E-state index is 0.0117. The van der Waals surface area contributed by atoms with Gasteiger partial charge in [0, 0.05) is 25.2 Å². The number of benzene rings is 2. The molecule has 2 aromatic rings. The van der Waals surface area contributed by atoms with Crippen LogP contribution in [0.1, 0.15) is 5.56 Å². The van der Waals surface area contributed by atoms with Crippen LogP contribution in [0.2, 0.25) is 0 Å². The van der Waals surface area contributed by atoms with Crippen molar-refractivity contribution in [1.29, 1.82) is 0 Å². The highest BCUT2D eigenvalue weighted by Crippen LogP contribution is 2.30. The largest absolute Gasteiger partial charge is 0.465 e. The van der Waals surface area contributed by atoms with Crippen LogP contribution in [-0.4, -0.2) is 44.2 Å². The second kappa shape index (κ2) is 7.51. The summed E-state index contributed by atoms with van der Waals surface area (Å²) in [6.07, 6.45) is -1.34. The van der Waals surface area contributed by atoms with E-state index in [4.69, 9.17) is 0 Å². The van der Waals surface area contributed by atoms with E-state index in [1.807, 2.05) is 0 Å². The molecule has 1 heterocycles. The number of carbonyl (C=O) groups is 1. The van der Waals surface area contributed by atoms with E-state index in [-0.39, 0.29) is 42.5 Å². The monoisotopic (exact) mass is 396 g/mol. The van der Waals surface area contributed by atoms with Gasteiger partial charge in [0.15, 0.2) is 21.5 Å². The average molecular weight is 396 g/mol. The molecule has 144 valence electrons. The number of rotatable bonds is 4. The second-order valence-corrected chi connectivity index (χ2v) is 8.55. The molecule has 0 atom stereocenters. The van der Waals surface area contributed by atoms with Gasteiger partial charge in [-0.3, -0.25) is 4.90 Å². The average Bonchev–Trinajstić information content (AvgIpc) is 2.61. The van der Waals surface area contributed by atoms with Crippen molar-refractivity contribution in [2.24, 2.45) is 0 Å². The summed E-state index contributed by atoms with van der Waals surface area (Å²) in [6.45, 7) is -0.0826. The lowest BCUT2D eigenvalue weighted by atomic mass is 10.1. The van der Waals surface area contributed by atoms with Crippen LogP contribution in [0.5, 0.6) is 0 Å². The van der Waals surface area contributed by atoms with E-state index in [1.54, 1.807) is 30.3 Å². The molecular formula is C18H18F2N2O4S. The molecule has 1 saturated heterocycles. The van der Waals surface area contributed by atoms with Crippen molar-refractivity contribution in [2.75, 3.05) is 34.4 Å². The van der Waals surface area contributed by atoms with Crippen molar-refractivity contribution < 1.29 is 27.1 Å². The van der Waals surface area contributed by atoms with Crippen molar-refractivity contribution in [3.8, 4) is 0 Å². The van der Waals surface area contributed by atoms with Gasteiger partial charge >= 0.3 is 6.09 Å². The molecule has 1 fully saturated rings. The maximum Gasteiger partial charge on any atom is 0.412 e. The van der Waals surface area contributed by atoms with Gasteiger partial charge in [0.2, 0.25) is 0 Å². The van der Waals surface area contributed by atoms with Crippen LogP contribution >= 0.6 is 0 Å². The Kier molecular flexibility index (Phi) is 5.31. The summed E-state index contributed by atoms with van der Waals surface area (Å²) in [5.41, 5.74) is 0.208. The van der Waals surface area contributed by atoms with E-state index in [9.17, 15) is 27.1 Å². The molecule has 0 aromatic heterocycles. The maximum atomic E-state index is 14.6. The third-order valence-electron chi connectivity index (χ3n) is 4.39. The number of sulfone groups is 1. The van der Waals surface area contributed by atoms with Crippen molar-refractivity contribution in [2.45, 2.75) is 6.54 Å². The van der Waals surface area contributed by atoms with Crippen LogP contribution in [0.25, 0.3) is 0 Å². The van der Waals surface area contributed by atoms with Gasteiger partial charge in [-0.1, -0.05) is 30.3 Å². The molecule has 6 nitrogen and oxygen atoms in total. The summed E-state index contributed by atoms with van der Waals surface area (Å²) in [6, 6.07) is 10.6. The fourth-order valence-electron chi connectivity index (χ4n) is 2.98. The Hall–Kier alpha value is -2.68. The molecule has 0 radical (unpaired) electrons. The van der Waals surface area contributed by atoms with Gasteiger partial charge in [-0.2, -0.15) is 0 Å². The number of halogens is 2. The first-order valence-electron chi connectivity index (χ1n) is 8.25. The van der Waals surface area contributed by atoms with Crippen molar-refractivity contribution >= 4 is 27.3 Å². The lowest BCUT2D eigenvalue weighted by Gasteiger charge is -2.30. The number of carboxylic acid groups (broad SMARTS) is 1. The third kappa shape index (κ3) is 4.36. The quantitative estimate of drug-likeness (QED) is 0.860. The van der Waals surface area contributed by atoms with Gasteiger partial charge < -0.3 is 10.0 Å². The van der Waals surface area contributed by atoms with Crippen LogP contribution in [-0.2, 0) is 16.4 Å². The zero-order valence-electron chi connectivity index (χ0n) is 14.3. The molecule has 0 spiro atoms. The summed E-state index contributed by atoms with van der Waals surface area (Å²) in [7, 11) is -3.19. The Morgan fingerprint density at radius 2 is 1.63 bits per heavy atom. The molecule has 0 aliphatic carbocycles. The Morgan fingerprint density at radius 3 is 2.15 bits per heavy atom. The number of anilines is 2. The first-order chi connectivity index (χ1) is 12.8. The van der Waals surface area contributed by atoms with Gasteiger partial charge in [-0.15, -0.1) is 0 Å². The molecule has 1 aliphatic rings. The zero-order valence-corrected chi connectivity index (χ0v) is 15.1. The van der Waals surface area contributed by atoms with Crippen molar-refractivity contribution in [3.63, 3.8) is 0 Å². The summed E-state index contributed by atoms with van der Waals surface area (Å²) in [5.74, 6) is -2.21. The fourth-order valence-corrected chi connectivity index (χ4v) is 4.18. The molecule has 1 N–H and O–H groups in total. The molecule has 1 aliphatic heterocycles. The fraction of sp³-hybridized carbons (Fsp3) is 0.278. The third-order valence-corrected chi connectivity index (χ3v) is 6.00. The molecule has 2 aromatic carbocycles. The van der Waals surface area contributed by atoms with E-state index in [1.165, 1.54) is 4.90 Å². The number of amides is 1. The van der Waals surface area contributed by atoms with E-state index >= 15 is 0 Å². The minimum Gasteiger partial charge on any atom is -0.465 e. The van der Waals surface area contributed by atoms with E-state index in [2.05, 4.69) is 0 Å². The normalized spacial score (nSPS) is 16.1. The highest BCUT2D eigenvalue weighted by Gasteiger charge is 2.27. The highest BCUT2D eigenvalue weighted by atomic mass is 32.2. The Bertz CT molecular complexity index is 914. The minimum atomic E-state index is -3.19. The standard InChI is InChI=1S/C18H18F2N2O4S/c19-15-10-14(22(18(23)24)12-13-4-2-1-3-5-13)11-16(20)17(15)21-6-8-27(25,26)9-7-21/h1-5,10-11H,6-9,12H2,(H,23,24). The number of hydrogen-bond acceptors (Lipinski definition) is 4.